The second-order valence-electron chi connectivity index (χ2n) is 9.51. The van der Waals surface area contributed by atoms with Gasteiger partial charge < -0.3 is 15.3 Å². The molecule has 2 aromatic rings. The van der Waals surface area contributed by atoms with E-state index < -0.39 is 12.0 Å². The number of aromatic nitrogens is 2. The highest BCUT2D eigenvalue weighted by molar-refractivity contribution is 7.98. The lowest BCUT2D eigenvalue weighted by atomic mass is 10.1. The van der Waals surface area contributed by atoms with E-state index in [1.165, 1.54) is 46.2 Å². The number of benzene rings is 1. The summed E-state index contributed by atoms with van der Waals surface area (Å²) in [4.78, 5) is 44.2. The zero-order chi connectivity index (χ0) is 25.5. The van der Waals surface area contributed by atoms with Crippen LogP contribution in [0.2, 0.25) is 0 Å². The number of aliphatic carboxylic acids is 1. The average molecular weight is 514 g/mol. The third-order valence-corrected chi connectivity index (χ3v) is 7.34. The van der Waals surface area contributed by atoms with Gasteiger partial charge in [0.15, 0.2) is 6.04 Å². The molecular formula is C26H35N5O4S. The van der Waals surface area contributed by atoms with E-state index in [9.17, 15) is 19.5 Å². The zero-order valence-corrected chi connectivity index (χ0v) is 21.6. The van der Waals surface area contributed by atoms with E-state index in [0.29, 0.717) is 30.3 Å². The summed E-state index contributed by atoms with van der Waals surface area (Å²) < 4.78 is 1.43. The molecule has 194 valence electrons. The van der Waals surface area contributed by atoms with Gasteiger partial charge in [-0.2, -0.15) is 11.8 Å². The molecule has 2 aliphatic rings. The van der Waals surface area contributed by atoms with Crippen molar-refractivity contribution < 1.29 is 19.5 Å². The number of carbonyl (C=O) groups excluding carboxylic acids is 2. The lowest BCUT2D eigenvalue weighted by Gasteiger charge is -2.29. The predicted octanol–water partition coefficient (Wildman–Crippen LogP) is 2.39. The average Bonchev–Trinajstić information content (AvgIpc) is 3.37. The van der Waals surface area contributed by atoms with Gasteiger partial charge in [0.25, 0.3) is 5.91 Å². The van der Waals surface area contributed by atoms with E-state index in [1.807, 2.05) is 23.3 Å². The second-order valence-corrected chi connectivity index (χ2v) is 10.5. The van der Waals surface area contributed by atoms with Gasteiger partial charge in [-0.25, -0.2) is 19.5 Å². The van der Waals surface area contributed by atoms with E-state index in [1.54, 1.807) is 6.20 Å². The quantitative estimate of drug-likeness (QED) is 0.423. The molecule has 36 heavy (non-hydrogen) atoms. The molecular weight excluding hydrogens is 478 g/mol. The summed E-state index contributed by atoms with van der Waals surface area (Å²) in [6.07, 6.45) is 9.84. The fraction of sp³-hybridized carbons (Fsp3) is 0.538. The monoisotopic (exact) mass is 513 g/mol. The molecule has 2 heterocycles. The van der Waals surface area contributed by atoms with Crippen molar-refractivity contribution in [3.63, 3.8) is 0 Å². The van der Waals surface area contributed by atoms with E-state index in [2.05, 4.69) is 22.4 Å². The van der Waals surface area contributed by atoms with Crippen LogP contribution in [0.5, 0.6) is 0 Å². The second kappa shape index (κ2) is 12.4. The molecule has 2 fully saturated rings. The fourth-order valence-corrected chi connectivity index (χ4v) is 5.07. The first-order chi connectivity index (χ1) is 17.5. The molecule has 1 saturated carbocycles. The Bertz CT molecular complexity index is 1060. The number of amides is 2. The van der Waals surface area contributed by atoms with Gasteiger partial charge in [-0.1, -0.05) is 24.3 Å². The summed E-state index contributed by atoms with van der Waals surface area (Å²) >= 11 is 1.53. The Morgan fingerprint density at radius 3 is 2.72 bits per heavy atom. The summed E-state index contributed by atoms with van der Waals surface area (Å²) in [5.41, 5.74) is 2.95. The van der Waals surface area contributed by atoms with Crippen LogP contribution in [0.15, 0.2) is 36.8 Å². The van der Waals surface area contributed by atoms with Crippen LogP contribution in [0.3, 0.4) is 0 Å². The Hall–Kier alpha value is -2.85. The van der Waals surface area contributed by atoms with Crippen LogP contribution in [-0.2, 0) is 27.3 Å². The largest absolute Gasteiger partial charge is 0.480 e. The molecule has 2 amide bonds. The van der Waals surface area contributed by atoms with Crippen LogP contribution in [0.4, 0.5) is 0 Å². The van der Waals surface area contributed by atoms with Gasteiger partial charge in [-0.05, 0) is 61.2 Å². The summed E-state index contributed by atoms with van der Waals surface area (Å²) in [5.74, 6) is -0.183. The van der Waals surface area contributed by atoms with Gasteiger partial charge in [0.2, 0.25) is 5.91 Å². The molecule has 1 aliphatic heterocycles. The van der Waals surface area contributed by atoms with Gasteiger partial charge in [-0.15, -0.1) is 0 Å². The highest BCUT2D eigenvalue weighted by Crippen LogP contribution is 2.40. The van der Waals surface area contributed by atoms with Gasteiger partial charge >= 0.3 is 5.97 Å². The number of carboxylic acid groups (broad SMARTS) is 1. The topological polar surface area (TPSA) is 108 Å². The number of nitrogens with zero attached hydrogens (tertiary/aromatic N) is 4. The standard InChI is InChI=1S/C26H35N5O4S/c1-36-12-9-23(26(34)35)31(30-17-22(28-18-30)14-24(32)29-10-2-3-11-29)25(33)16-27-15-19-5-4-6-21(13-19)20-7-8-20/h4-6,13,17-18,20,23,27H,2-3,7-12,14-16H2,1H3,(H,34,35). The fourth-order valence-electron chi connectivity index (χ4n) is 4.61. The molecule has 9 nitrogen and oxygen atoms in total. The molecule has 1 unspecified atom stereocenters. The van der Waals surface area contributed by atoms with Crippen molar-refractivity contribution in [3.05, 3.63) is 53.6 Å². The summed E-state index contributed by atoms with van der Waals surface area (Å²) in [6, 6.07) is 7.34. The minimum atomic E-state index is -1.07. The molecule has 10 heteroatoms. The molecule has 4 rings (SSSR count). The molecule has 1 atom stereocenters. The molecule has 2 N–H and O–H groups in total. The maximum absolute atomic E-state index is 13.3. The van der Waals surface area contributed by atoms with Crippen molar-refractivity contribution in [1.82, 2.24) is 19.9 Å². The van der Waals surface area contributed by atoms with Crippen molar-refractivity contribution in [2.24, 2.45) is 0 Å². The summed E-state index contributed by atoms with van der Waals surface area (Å²) in [6.45, 7) is 2.02. The predicted molar refractivity (Wildman–Crippen MR) is 140 cm³/mol. The van der Waals surface area contributed by atoms with Crippen LogP contribution in [0.25, 0.3) is 0 Å². The first-order valence-electron chi connectivity index (χ1n) is 12.6. The minimum absolute atomic E-state index is 0.00267. The third-order valence-electron chi connectivity index (χ3n) is 6.70. The lowest BCUT2D eigenvalue weighted by molar-refractivity contribution is -0.141. The van der Waals surface area contributed by atoms with Crippen LogP contribution in [0.1, 0.15) is 54.8 Å². The minimum Gasteiger partial charge on any atom is -0.480 e. The Morgan fingerprint density at radius 1 is 1.25 bits per heavy atom. The van der Waals surface area contributed by atoms with E-state index in [4.69, 9.17) is 0 Å². The molecule has 1 aliphatic carbocycles. The highest BCUT2D eigenvalue weighted by Gasteiger charge is 2.31. The molecule has 0 radical (unpaired) electrons. The number of nitrogens with one attached hydrogen (secondary N) is 1. The van der Waals surface area contributed by atoms with E-state index >= 15 is 0 Å². The van der Waals surface area contributed by atoms with Crippen LogP contribution in [-0.4, -0.2) is 75.1 Å². The van der Waals surface area contributed by atoms with Gasteiger partial charge in [-0.3, -0.25) is 9.59 Å². The molecule has 1 aromatic heterocycles. The SMILES string of the molecule is CSCCC(C(=O)O)N(C(=O)CNCc1cccc(C2CC2)c1)n1cnc(CC(=O)N2CCCC2)c1. The number of thioether (sulfide) groups is 1. The number of hydrogen-bond acceptors (Lipinski definition) is 6. The maximum atomic E-state index is 13.3. The lowest BCUT2D eigenvalue weighted by Crippen LogP contribution is -2.54. The zero-order valence-electron chi connectivity index (χ0n) is 20.8. The molecule has 1 aromatic carbocycles. The smallest absolute Gasteiger partial charge is 0.328 e. The number of carbonyl (C=O) groups is 3. The molecule has 1 saturated heterocycles. The van der Waals surface area contributed by atoms with E-state index in [0.717, 1.165) is 31.5 Å². The maximum Gasteiger partial charge on any atom is 0.328 e. The third kappa shape index (κ3) is 6.88. The normalized spacial score (nSPS) is 16.2. The van der Waals surface area contributed by atoms with Crippen molar-refractivity contribution >= 4 is 29.5 Å². The molecule has 0 bridgehead atoms. The van der Waals surface area contributed by atoms with Gasteiger partial charge in [0.05, 0.1) is 24.9 Å². The van der Waals surface area contributed by atoms with Gasteiger partial charge in [0.1, 0.15) is 6.33 Å². The van der Waals surface area contributed by atoms with Crippen molar-refractivity contribution in [2.45, 2.75) is 57.0 Å². The van der Waals surface area contributed by atoms with E-state index in [-0.39, 0.29) is 24.8 Å². The number of rotatable bonds is 13. The van der Waals surface area contributed by atoms with Gasteiger partial charge in [0, 0.05) is 19.6 Å². The number of carboxylic acids is 1. The first-order valence-corrected chi connectivity index (χ1v) is 14.0. The highest BCUT2D eigenvalue weighted by atomic mass is 32.2. The number of hydrogen-bond donors (Lipinski definition) is 2. The Kier molecular flexibility index (Phi) is 9.03. The van der Waals surface area contributed by atoms with Crippen molar-refractivity contribution in [2.75, 3.05) is 36.7 Å². The Morgan fingerprint density at radius 2 is 2.03 bits per heavy atom. The van der Waals surface area contributed by atoms with Crippen LogP contribution < -0.4 is 10.3 Å². The van der Waals surface area contributed by atoms with Crippen LogP contribution >= 0.6 is 11.8 Å². The van der Waals surface area contributed by atoms with Crippen molar-refractivity contribution in [1.29, 1.82) is 0 Å². The molecule has 0 spiro atoms. The summed E-state index contributed by atoms with van der Waals surface area (Å²) in [5, 5.41) is 14.4. The first kappa shape index (κ1) is 26.2. The number of likely N-dealkylation sites (tertiary alicyclic amines) is 1. The Labute approximate surface area is 216 Å². The number of imidazole rings is 1. The van der Waals surface area contributed by atoms with Crippen LogP contribution in [0, 0.1) is 0 Å². The Balaban J connectivity index is 1.44. The van der Waals surface area contributed by atoms with Crippen molar-refractivity contribution in [3.8, 4) is 0 Å². The summed E-state index contributed by atoms with van der Waals surface area (Å²) in [7, 11) is 0.